The Hall–Kier alpha value is -3.78. The number of carbonyl (C=O) groups is 1. The highest BCUT2D eigenvalue weighted by atomic mass is 32.2. The van der Waals surface area contributed by atoms with Gasteiger partial charge in [0.15, 0.2) is 5.17 Å². The average molecular weight is 448 g/mol. The van der Waals surface area contributed by atoms with Gasteiger partial charge in [0.25, 0.3) is 5.91 Å². The van der Waals surface area contributed by atoms with Gasteiger partial charge in [-0.05, 0) is 59.8 Å². The van der Waals surface area contributed by atoms with Crippen molar-refractivity contribution in [2.75, 3.05) is 14.2 Å². The smallest absolute Gasteiger partial charge is 0.267 e. The zero-order valence-corrected chi connectivity index (χ0v) is 18.4. The first kappa shape index (κ1) is 21.5. The van der Waals surface area contributed by atoms with Crippen LogP contribution in [0.4, 0.5) is 0 Å². The monoisotopic (exact) mass is 447 g/mol. The van der Waals surface area contributed by atoms with Crippen molar-refractivity contribution in [3.05, 3.63) is 88.7 Å². The van der Waals surface area contributed by atoms with Crippen LogP contribution in [0.2, 0.25) is 0 Å². The lowest BCUT2D eigenvalue weighted by molar-refractivity contribution is -0.122. The first-order valence-electron chi connectivity index (χ1n) is 9.80. The molecule has 1 amide bonds. The molecule has 1 aliphatic heterocycles. The number of amides is 1. The molecule has 1 saturated heterocycles. The van der Waals surface area contributed by atoms with Crippen molar-refractivity contribution in [1.82, 2.24) is 4.90 Å². The molecular formula is C24H21N3O4S. The van der Waals surface area contributed by atoms with E-state index in [0.717, 1.165) is 16.9 Å². The second-order valence-corrected chi connectivity index (χ2v) is 7.73. The van der Waals surface area contributed by atoms with Crippen LogP contribution < -0.4 is 9.47 Å². The lowest BCUT2D eigenvalue weighted by atomic mass is 10.2. The molecule has 2 heterocycles. The van der Waals surface area contributed by atoms with Crippen molar-refractivity contribution in [1.29, 1.82) is 0 Å². The molecule has 1 aromatic heterocycles. The summed E-state index contributed by atoms with van der Waals surface area (Å²) in [6.07, 6.45) is 5.01. The summed E-state index contributed by atoms with van der Waals surface area (Å²) in [5, 5.41) is 9.00. The maximum atomic E-state index is 13.1. The average Bonchev–Trinajstić information content (AvgIpc) is 3.44. The summed E-state index contributed by atoms with van der Waals surface area (Å²) in [6, 6.07) is 18.6. The molecule has 0 aliphatic carbocycles. The number of nitrogens with zero attached hydrogens (tertiary/aromatic N) is 3. The van der Waals surface area contributed by atoms with Crippen LogP contribution in [0.15, 0.2) is 86.5 Å². The predicted octanol–water partition coefficient (Wildman–Crippen LogP) is 4.80. The molecule has 0 N–H and O–H groups in total. The minimum atomic E-state index is -0.159. The van der Waals surface area contributed by atoms with Crippen molar-refractivity contribution >= 4 is 35.1 Å². The van der Waals surface area contributed by atoms with E-state index in [1.54, 1.807) is 37.7 Å². The molecule has 0 spiro atoms. The van der Waals surface area contributed by atoms with Gasteiger partial charge in [-0.3, -0.25) is 9.69 Å². The van der Waals surface area contributed by atoms with Gasteiger partial charge in [0.1, 0.15) is 17.3 Å². The number of amidine groups is 1. The Morgan fingerprint density at radius 2 is 1.84 bits per heavy atom. The molecule has 8 heteroatoms. The van der Waals surface area contributed by atoms with Crippen LogP contribution in [-0.2, 0) is 11.3 Å². The van der Waals surface area contributed by atoms with E-state index in [4.69, 9.17) is 13.9 Å². The Bertz CT molecular complexity index is 1170. The third kappa shape index (κ3) is 4.92. The van der Waals surface area contributed by atoms with Gasteiger partial charge in [-0.25, -0.2) is 0 Å². The van der Waals surface area contributed by atoms with Crippen LogP contribution in [0.25, 0.3) is 6.08 Å². The van der Waals surface area contributed by atoms with E-state index in [-0.39, 0.29) is 12.5 Å². The van der Waals surface area contributed by atoms with Gasteiger partial charge in [-0.15, -0.1) is 5.10 Å². The Morgan fingerprint density at radius 3 is 2.56 bits per heavy atom. The number of methoxy groups -OCH3 is 2. The van der Waals surface area contributed by atoms with E-state index in [9.17, 15) is 4.79 Å². The molecule has 1 aliphatic rings. The number of para-hydroxylation sites is 1. The van der Waals surface area contributed by atoms with Gasteiger partial charge < -0.3 is 13.9 Å². The van der Waals surface area contributed by atoms with Crippen LogP contribution in [0.1, 0.15) is 16.9 Å². The van der Waals surface area contributed by atoms with E-state index >= 15 is 0 Å². The van der Waals surface area contributed by atoms with Crippen LogP contribution in [-0.4, -0.2) is 36.4 Å². The minimum Gasteiger partial charge on any atom is -0.497 e. The fourth-order valence-corrected chi connectivity index (χ4v) is 3.98. The Balaban J connectivity index is 1.62. The fourth-order valence-electron chi connectivity index (χ4n) is 3.05. The molecule has 4 rings (SSSR count). The van der Waals surface area contributed by atoms with Crippen LogP contribution in [0.5, 0.6) is 11.5 Å². The van der Waals surface area contributed by atoms with E-state index < -0.39 is 0 Å². The Kier molecular flexibility index (Phi) is 6.72. The Labute approximate surface area is 190 Å². The van der Waals surface area contributed by atoms with Crippen LogP contribution >= 0.6 is 11.8 Å². The fraction of sp³-hybridized carbons (Fsp3) is 0.125. The van der Waals surface area contributed by atoms with E-state index in [2.05, 4.69) is 10.2 Å². The number of benzene rings is 2. The standard InChI is InChI=1S/C24H21N3O4S/c1-29-19-11-9-17(10-12-19)14-22-23(28)27(16-20-7-5-13-31-20)24(32-22)26-25-15-18-6-3-4-8-21(18)30-2/h3-15H,16H2,1-2H3/b22-14-,25-15+,26-24-. The molecule has 32 heavy (non-hydrogen) atoms. The second-order valence-electron chi connectivity index (χ2n) is 6.72. The minimum absolute atomic E-state index is 0.159. The second kappa shape index (κ2) is 10.0. The van der Waals surface area contributed by atoms with E-state index in [1.165, 1.54) is 11.8 Å². The lowest BCUT2D eigenvalue weighted by Crippen LogP contribution is -2.28. The van der Waals surface area contributed by atoms with Gasteiger partial charge in [-0.2, -0.15) is 5.10 Å². The number of carbonyl (C=O) groups excluding carboxylic acids is 1. The van der Waals surface area contributed by atoms with Crippen molar-refractivity contribution in [2.45, 2.75) is 6.54 Å². The largest absolute Gasteiger partial charge is 0.497 e. The maximum Gasteiger partial charge on any atom is 0.267 e. The number of furan rings is 1. The molecule has 3 aromatic rings. The SMILES string of the molecule is COc1ccc(/C=C2\S/C(=N\N=C\c3ccccc3OC)N(Cc3ccco3)C2=O)cc1. The van der Waals surface area contributed by atoms with Gasteiger partial charge in [0, 0.05) is 5.56 Å². The van der Waals surface area contributed by atoms with Gasteiger partial charge in [-0.1, -0.05) is 24.3 Å². The molecule has 0 radical (unpaired) electrons. The zero-order chi connectivity index (χ0) is 22.3. The highest BCUT2D eigenvalue weighted by Crippen LogP contribution is 2.34. The third-order valence-electron chi connectivity index (χ3n) is 4.67. The number of ether oxygens (including phenoxy) is 2. The number of thioether (sulfide) groups is 1. The molecular weight excluding hydrogens is 426 g/mol. The molecule has 0 atom stereocenters. The summed E-state index contributed by atoms with van der Waals surface area (Å²) in [5.41, 5.74) is 1.68. The van der Waals surface area contributed by atoms with Gasteiger partial charge >= 0.3 is 0 Å². The molecule has 2 aromatic carbocycles. The van der Waals surface area contributed by atoms with E-state index in [0.29, 0.717) is 21.6 Å². The molecule has 7 nitrogen and oxygen atoms in total. The van der Waals surface area contributed by atoms with Gasteiger partial charge in [0.2, 0.25) is 0 Å². The van der Waals surface area contributed by atoms with E-state index in [1.807, 2.05) is 60.7 Å². The zero-order valence-electron chi connectivity index (χ0n) is 17.6. The summed E-state index contributed by atoms with van der Waals surface area (Å²) in [6.45, 7) is 0.266. The van der Waals surface area contributed by atoms with Crippen molar-refractivity contribution < 1.29 is 18.7 Å². The third-order valence-corrected chi connectivity index (χ3v) is 5.67. The highest BCUT2D eigenvalue weighted by molar-refractivity contribution is 8.18. The normalized spacial score (nSPS) is 16.4. The maximum absolute atomic E-state index is 13.1. The highest BCUT2D eigenvalue weighted by Gasteiger charge is 2.34. The summed E-state index contributed by atoms with van der Waals surface area (Å²) < 4.78 is 16.0. The lowest BCUT2D eigenvalue weighted by Gasteiger charge is -2.12. The Morgan fingerprint density at radius 1 is 1.03 bits per heavy atom. The van der Waals surface area contributed by atoms with Crippen molar-refractivity contribution in [2.24, 2.45) is 10.2 Å². The predicted molar refractivity (Wildman–Crippen MR) is 126 cm³/mol. The topological polar surface area (TPSA) is 76.6 Å². The number of hydrogen-bond donors (Lipinski definition) is 0. The summed E-state index contributed by atoms with van der Waals surface area (Å²) in [4.78, 5) is 15.2. The summed E-state index contributed by atoms with van der Waals surface area (Å²) in [5.74, 6) is 1.95. The molecule has 1 fully saturated rings. The summed E-state index contributed by atoms with van der Waals surface area (Å²) in [7, 11) is 3.22. The number of hydrogen-bond acceptors (Lipinski definition) is 7. The van der Waals surface area contributed by atoms with Crippen LogP contribution in [0, 0.1) is 0 Å². The molecule has 162 valence electrons. The summed E-state index contributed by atoms with van der Waals surface area (Å²) >= 11 is 1.27. The number of rotatable bonds is 7. The first-order chi connectivity index (χ1) is 15.7. The molecule has 0 unspecified atom stereocenters. The van der Waals surface area contributed by atoms with Crippen LogP contribution in [0.3, 0.4) is 0 Å². The van der Waals surface area contributed by atoms with Gasteiger partial charge in [0.05, 0.1) is 38.1 Å². The van der Waals surface area contributed by atoms with Crippen molar-refractivity contribution in [3.8, 4) is 11.5 Å². The molecule has 0 saturated carbocycles. The van der Waals surface area contributed by atoms with Crippen molar-refractivity contribution in [3.63, 3.8) is 0 Å². The quantitative estimate of drug-likeness (QED) is 0.295. The molecule has 0 bridgehead atoms. The first-order valence-corrected chi connectivity index (χ1v) is 10.6.